The predicted octanol–water partition coefficient (Wildman–Crippen LogP) is 2.69. The number of amides is 1. The van der Waals surface area contributed by atoms with Gasteiger partial charge in [-0.2, -0.15) is 13.2 Å². The zero-order valence-electron chi connectivity index (χ0n) is 13.7. The number of aromatic nitrogens is 2. The lowest BCUT2D eigenvalue weighted by Crippen LogP contribution is -2.50. The summed E-state index contributed by atoms with van der Waals surface area (Å²) in [5.41, 5.74) is -1.43. The monoisotopic (exact) mass is 344 g/mol. The Labute approximate surface area is 137 Å². The van der Waals surface area contributed by atoms with Crippen molar-refractivity contribution in [3.05, 3.63) is 18.0 Å². The second kappa shape index (κ2) is 5.49. The van der Waals surface area contributed by atoms with Gasteiger partial charge < -0.3 is 14.5 Å². The molecule has 0 aliphatic carbocycles. The van der Waals surface area contributed by atoms with E-state index >= 15 is 0 Å². The van der Waals surface area contributed by atoms with Crippen LogP contribution >= 0.6 is 0 Å². The third-order valence-electron chi connectivity index (χ3n) is 4.09. The number of halogens is 3. The van der Waals surface area contributed by atoms with Gasteiger partial charge in [0.15, 0.2) is 0 Å². The lowest BCUT2D eigenvalue weighted by molar-refractivity contribution is -0.138. The Hall–Kier alpha value is -2.06. The molecule has 0 aromatic carbocycles. The van der Waals surface area contributed by atoms with E-state index < -0.39 is 17.3 Å². The number of alkyl halides is 3. The highest BCUT2D eigenvalue weighted by Crippen LogP contribution is 2.34. The summed E-state index contributed by atoms with van der Waals surface area (Å²) >= 11 is 0. The quantitative estimate of drug-likeness (QED) is 0.784. The first-order valence-electron chi connectivity index (χ1n) is 7.70. The Morgan fingerprint density at radius 3 is 2.25 bits per heavy atom. The van der Waals surface area contributed by atoms with E-state index in [1.165, 1.54) is 0 Å². The molecule has 2 saturated heterocycles. The standard InChI is InChI=1S/C15H19F3N4O2/c1-14(2,3)24-13(23)22-8-10-4-11(22)7-21(10)12-19-5-9(6-20-12)15(16,17)18/h5-6,10-11H,4,7-8H2,1-3H3. The molecule has 1 aromatic rings. The van der Waals surface area contributed by atoms with Gasteiger partial charge in [-0.05, 0) is 27.2 Å². The lowest BCUT2D eigenvalue weighted by Gasteiger charge is -2.35. The molecule has 0 radical (unpaired) electrons. The maximum atomic E-state index is 12.6. The number of ether oxygens (including phenoxy) is 1. The van der Waals surface area contributed by atoms with Crippen LogP contribution in [0.5, 0.6) is 0 Å². The number of piperazine rings is 1. The van der Waals surface area contributed by atoms with E-state index in [0.29, 0.717) is 13.1 Å². The van der Waals surface area contributed by atoms with Crippen molar-refractivity contribution in [2.45, 2.75) is 51.1 Å². The summed E-state index contributed by atoms with van der Waals surface area (Å²) in [5.74, 6) is 0.263. The lowest BCUT2D eigenvalue weighted by atomic mass is 10.2. The zero-order valence-corrected chi connectivity index (χ0v) is 13.7. The fourth-order valence-corrected chi connectivity index (χ4v) is 3.07. The Bertz CT molecular complexity index is 627. The Morgan fingerprint density at radius 1 is 1.17 bits per heavy atom. The number of rotatable bonds is 1. The van der Waals surface area contributed by atoms with Crippen LogP contribution in [-0.4, -0.2) is 51.7 Å². The average Bonchev–Trinajstić information content (AvgIpc) is 3.04. The molecule has 2 unspecified atom stereocenters. The SMILES string of the molecule is CC(C)(C)OC(=O)N1CC2CC1CN2c1ncc(C(F)(F)F)cn1. The fraction of sp³-hybridized carbons (Fsp3) is 0.667. The summed E-state index contributed by atoms with van der Waals surface area (Å²) in [6, 6.07) is -0.0324. The molecule has 6 nitrogen and oxygen atoms in total. The Balaban J connectivity index is 1.66. The van der Waals surface area contributed by atoms with Crippen molar-refractivity contribution in [3.8, 4) is 0 Å². The van der Waals surface area contributed by atoms with Crippen molar-refractivity contribution < 1.29 is 22.7 Å². The highest BCUT2D eigenvalue weighted by atomic mass is 19.4. The van der Waals surface area contributed by atoms with Gasteiger partial charge in [0, 0.05) is 25.5 Å². The molecule has 9 heteroatoms. The molecule has 2 aliphatic rings. The van der Waals surface area contributed by atoms with Gasteiger partial charge >= 0.3 is 12.3 Å². The van der Waals surface area contributed by atoms with Gasteiger partial charge in [0.1, 0.15) is 5.60 Å². The van der Waals surface area contributed by atoms with E-state index in [9.17, 15) is 18.0 Å². The van der Waals surface area contributed by atoms with Crippen LogP contribution in [-0.2, 0) is 10.9 Å². The summed E-state index contributed by atoms with van der Waals surface area (Å²) in [7, 11) is 0. The molecule has 24 heavy (non-hydrogen) atoms. The third-order valence-corrected chi connectivity index (χ3v) is 4.09. The van der Waals surface area contributed by atoms with E-state index in [1.54, 1.807) is 4.90 Å². The average molecular weight is 344 g/mol. The van der Waals surface area contributed by atoms with Gasteiger partial charge in [0.05, 0.1) is 17.6 Å². The summed E-state index contributed by atoms with van der Waals surface area (Å²) in [6.45, 7) is 6.38. The zero-order chi connectivity index (χ0) is 17.7. The van der Waals surface area contributed by atoms with Crippen molar-refractivity contribution >= 4 is 12.0 Å². The molecular formula is C15H19F3N4O2. The van der Waals surface area contributed by atoms with E-state index in [1.807, 2.05) is 25.7 Å². The summed E-state index contributed by atoms with van der Waals surface area (Å²) in [4.78, 5) is 23.4. The smallest absolute Gasteiger partial charge is 0.419 e. The molecule has 2 fully saturated rings. The Kier molecular flexibility index (Phi) is 3.84. The fourth-order valence-electron chi connectivity index (χ4n) is 3.07. The normalized spacial score (nSPS) is 23.8. The van der Waals surface area contributed by atoms with Crippen LogP contribution in [0.3, 0.4) is 0 Å². The Morgan fingerprint density at radius 2 is 1.79 bits per heavy atom. The molecule has 0 N–H and O–H groups in total. The summed E-state index contributed by atoms with van der Waals surface area (Å²) in [5, 5.41) is 0. The molecule has 3 heterocycles. The van der Waals surface area contributed by atoms with Gasteiger partial charge in [0.2, 0.25) is 5.95 Å². The van der Waals surface area contributed by atoms with Gasteiger partial charge in [-0.25, -0.2) is 14.8 Å². The number of carbonyl (C=O) groups excluding carboxylic acids is 1. The first-order valence-corrected chi connectivity index (χ1v) is 7.70. The number of carbonyl (C=O) groups is 1. The number of likely N-dealkylation sites (tertiary alicyclic amines) is 1. The first-order chi connectivity index (χ1) is 11.0. The molecule has 132 valence electrons. The van der Waals surface area contributed by atoms with Crippen molar-refractivity contribution in [3.63, 3.8) is 0 Å². The van der Waals surface area contributed by atoms with Crippen molar-refractivity contribution in [1.29, 1.82) is 0 Å². The maximum Gasteiger partial charge on any atom is 0.419 e. The van der Waals surface area contributed by atoms with E-state index in [-0.39, 0.29) is 24.1 Å². The molecule has 2 atom stereocenters. The van der Waals surface area contributed by atoms with E-state index in [0.717, 1.165) is 18.8 Å². The minimum absolute atomic E-state index is 0.000690. The molecule has 1 aromatic heterocycles. The van der Waals surface area contributed by atoms with Crippen molar-refractivity contribution in [2.24, 2.45) is 0 Å². The largest absolute Gasteiger partial charge is 0.444 e. The van der Waals surface area contributed by atoms with Crippen LogP contribution in [0, 0.1) is 0 Å². The molecular weight excluding hydrogens is 325 g/mol. The van der Waals surface area contributed by atoms with Crippen LogP contribution < -0.4 is 4.90 Å². The van der Waals surface area contributed by atoms with E-state index in [2.05, 4.69) is 9.97 Å². The highest BCUT2D eigenvalue weighted by Gasteiger charge is 2.47. The van der Waals surface area contributed by atoms with Crippen LogP contribution in [0.25, 0.3) is 0 Å². The molecule has 2 aliphatic heterocycles. The van der Waals surface area contributed by atoms with Crippen LogP contribution in [0.15, 0.2) is 12.4 Å². The number of anilines is 1. The number of hydrogen-bond donors (Lipinski definition) is 0. The van der Waals surface area contributed by atoms with Crippen LogP contribution in [0.1, 0.15) is 32.8 Å². The maximum absolute atomic E-state index is 12.6. The second-order valence-corrected chi connectivity index (χ2v) is 7.10. The number of fused-ring (bicyclic) bond motifs is 2. The van der Waals surface area contributed by atoms with Gasteiger partial charge in [-0.15, -0.1) is 0 Å². The van der Waals surface area contributed by atoms with E-state index in [4.69, 9.17) is 4.74 Å². The molecule has 3 rings (SSSR count). The van der Waals surface area contributed by atoms with Gasteiger partial charge in [-0.1, -0.05) is 0 Å². The number of nitrogens with zero attached hydrogens (tertiary/aromatic N) is 4. The molecule has 0 saturated carbocycles. The molecule has 2 bridgehead atoms. The molecule has 1 amide bonds. The third kappa shape index (κ3) is 3.25. The topological polar surface area (TPSA) is 58.6 Å². The summed E-state index contributed by atoms with van der Waals surface area (Å²) in [6.07, 6.45) is -2.48. The second-order valence-electron chi connectivity index (χ2n) is 7.10. The van der Waals surface area contributed by atoms with Crippen molar-refractivity contribution in [2.75, 3.05) is 18.0 Å². The highest BCUT2D eigenvalue weighted by molar-refractivity contribution is 5.70. The number of hydrogen-bond acceptors (Lipinski definition) is 5. The van der Waals surface area contributed by atoms with Crippen LogP contribution in [0.4, 0.5) is 23.9 Å². The minimum Gasteiger partial charge on any atom is -0.444 e. The summed E-state index contributed by atoms with van der Waals surface area (Å²) < 4.78 is 43.1. The first kappa shape index (κ1) is 16.8. The molecule has 0 spiro atoms. The van der Waals surface area contributed by atoms with Gasteiger partial charge in [0.25, 0.3) is 0 Å². The minimum atomic E-state index is -4.45. The van der Waals surface area contributed by atoms with Crippen LogP contribution in [0.2, 0.25) is 0 Å². The van der Waals surface area contributed by atoms with Gasteiger partial charge in [-0.3, -0.25) is 0 Å². The predicted molar refractivity (Wildman–Crippen MR) is 79.5 cm³/mol. The van der Waals surface area contributed by atoms with Crippen molar-refractivity contribution in [1.82, 2.24) is 14.9 Å².